The Morgan fingerprint density at radius 2 is 2.14 bits per heavy atom. The number of benzene rings is 1. The van der Waals surface area contributed by atoms with Gasteiger partial charge in [0.15, 0.2) is 0 Å². The third-order valence-corrected chi connectivity index (χ3v) is 4.35. The zero-order valence-electron chi connectivity index (χ0n) is 11.2. The number of hydrogen-bond acceptors (Lipinski definition) is 3. The molecule has 0 N–H and O–H groups in total. The number of hydrogen-bond donors (Lipinski definition) is 0. The summed E-state index contributed by atoms with van der Waals surface area (Å²) in [6.45, 7) is -0.223. The van der Waals surface area contributed by atoms with Crippen molar-refractivity contribution in [1.82, 2.24) is 9.88 Å². The van der Waals surface area contributed by atoms with Crippen molar-refractivity contribution in [2.75, 3.05) is 20.2 Å². The van der Waals surface area contributed by atoms with Crippen LogP contribution in [0.25, 0.3) is 10.9 Å². The van der Waals surface area contributed by atoms with Crippen LogP contribution in [0.1, 0.15) is 5.56 Å². The lowest BCUT2D eigenvalue weighted by atomic mass is 10.1. The Hall–Kier alpha value is -0.980. The Morgan fingerprint density at radius 1 is 1.43 bits per heavy atom. The van der Waals surface area contributed by atoms with Crippen LogP contribution in [0, 0.1) is 0 Å². The average molecular weight is 378 g/mol. The van der Waals surface area contributed by atoms with E-state index in [2.05, 4.69) is 20.9 Å². The predicted molar refractivity (Wildman–Crippen MR) is 81.2 cm³/mol. The van der Waals surface area contributed by atoms with Gasteiger partial charge in [0, 0.05) is 22.0 Å². The van der Waals surface area contributed by atoms with Crippen LogP contribution in [0.4, 0.5) is 8.78 Å². The van der Waals surface area contributed by atoms with Gasteiger partial charge < -0.3 is 4.74 Å². The summed E-state index contributed by atoms with van der Waals surface area (Å²) in [6.07, 6.45) is 0. The SMILES string of the molecule is COc1nc2ccc(Br)cc2c(Cl)c1CN1CC(F)(F)C1. The highest BCUT2D eigenvalue weighted by Gasteiger charge is 2.44. The molecule has 2 aromatic rings. The van der Waals surface area contributed by atoms with Crippen LogP contribution in [0.3, 0.4) is 0 Å². The van der Waals surface area contributed by atoms with Crippen LogP contribution in [-0.2, 0) is 6.54 Å². The number of likely N-dealkylation sites (tertiary alicyclic amines) is 1. The largest absolute Gasteiger partial charge is 0.481 e. The van der Waals surface area contributed by atoms with Crippen LogP contribution in [0.2, 0.25) is 5.02 Å². The molecule has 1 aliphatic heterocycles. The van der Waals surface area contributed by atoms with E-state index in [9.17, 15) is 8.78 Å². The first-order valence-electron chi connectivity index (χ1n) is 6.31. The molecule has 21 heavy (non-hydrogen) atoms. The molecular weight excluding hydrogens is 366 g/mol. The molecule has 0 spiro atoms. The molecule has 0 atom stereocenters. The zero-order valence-corrected chi connectivity index (χ0v) is 13.5. The maximum absolute atomic E-state index is 13.0. The first-order chi connectivity index (χ1) is 9.89. The highest BCUT2D eigenvalue weighted by molar-refractivity contribution is 9.10. The maximum atomic E-state index is 13.0. The summed E-state index contributed by atoms with van der Waals surface area (Å²) in [5.74, 6) is -2.22. The average Bonchev–Trinajstić information content (AvgIpc) is 2.40. The van der Waals surface area contributed by atoms with Crippen molar-refractivity contribution in [3.63, 3.8) is 0 Å². The zero-order chi connectivity index (χ0) is 15.2. The van der Waals surface area contributed by atoms with Gasteiger partial charge in [-0.15, -0.1) is 0 Å². The van der Waals surface area contributed by atoms with Gasteiger partial charge in [0.1, 0.15) is 0 Å². The fourth-order valence-electron chi connectivity index (χ4n) is 2.46. The second-order valence-corrected chi connectivity index (χ2v) is 6.37. The van der Waals surface area contributed by atoms with Gasteiger partial charge >= 0.3 is 0 Å². The molecule has 7 heteroatoms. The molecule has 0 bridgehead atoms. The Bertz CT molecular complexity index is 703. The lowest BCUT2D eigenvalue weighted by Crippen LogP contribution is -2.55. The lowest BCUT2D eigenvalue weighted by molar-refractivity contribution is -0.134. The van der Waals surface area contributed by atoms with Gasteiger partial charge in [0.2, 0.25) is 5.88 Å². The molecular formula is C14H12BrClF2N2O. The maximum Gasteiger partial charge on any atom is 0.272 e. The summed E-state index contributed by atoms with van der Waals surface area (Å²) in [4.78, 5) is 6.02. The standard InChI is InChI=1S/C14H12BrClF2N2O/c1-21-13-10(5-20-6-14(17,18)7-20)12(16)9-4-8(15)2-3-11(9)19-13/h2-4H,5-7H2,1H3. The Kier molecular flexibility index (Phi) is 3.80. The monoisotopic (exact) mass is 376 g/mol. The minimum atomic E-state index is -2.60. The van der Waals surface area contributed by atoms with E-state index in [1.807, 2.05) is 18.2 Å². The molecule has 0 saturated carbocycles. The van der Waals surface area contributed by atoms with Gasteiger partial charge in [-0.1, -0.05) is 27.5 Å². The quantitative estimate of drug-likeness (QED) is 0.805. The molecule has 1 saturated heterocycles. The molecule has 1 fully saturated rings. The van der Waals surface area contributed by atoms with E-state index in [0.717, 1.165) is 9.86 Å². The number of methoxy groups -OCH3 is 1. The van der Waals surface area contributed by atoms with E-state index in [-0.39, 0.29) is 13.1 Å². The van der Waals surface area contributed by atoms with Crippen molar-refractivity contribution in [2.24, 2.45) is 0 Å². The van der Waals surface area contributed by atoms with Gasteiger partial charge in [-0.05, 0) is 18.2 Å². The van der Waals surface area contributed by atoms with E-state index in [4.69, 9.17) is 16.3 Å². The van der Waals surface area contributed by atoms with Crippen LogP contribution in [0.5, 0.6) is 5.88 Å². The summed E-state index contributed by atoms with van der Waals surface area (Å²) in [5.41, 5.74) is 1.35. The van der Waals surface area contributed by atoms with Crippen molar-refractivity contribution in [3.8, 4) is 5.88 Å². The first-order valence-corrected chi connectivity index (χ1v) is 7.48. The number of fused-ring (bicyclic) bond motifs is 1. The topological polar surface area (TPSA) is 25.4 Å². The molecule has 2 heterocycles. The van der Waals surface area contributed by atoms with E-state index in [0.29, 0.717) is 28.5 Å². The van der Waals surface area contributed by atoms with Crippen molar-refractivity contribution in [3.05, 3.63) is 33.3 Å². The van der Waals surface area contributed by atoms with Gasteiger partial charge in [-0.2, -0.15) is 0 Å². The van der Waals surface area contributed by atoms with Crippen molar-refractivity contribution in [2.45, 2.75) is 12.5 Å². The van der Waals surface area contributed by atoms with Gasteiger partial charge in [0.05, 0.1) is 30.7 Å². The van der Waals surface area contributed by atoms with Crippen LogP contribution in [0.15, 0.2) is 22.7 Å². The number of aromatic nitrogens is 1. The van der Waals surface area contributed by atoms with Gasteiger partial charge in [0.25, 0.3) is 5.92 Å². The summed E-state index contributed by atoms with van der Waals surface area (Å²) in [6, 6.07) is 5.55. The summed E-state index contributed by atoms with van der Waals surface area (Å²) < 4.78 is 32.0. The van der Waals surface area contributed by atoms with E-state index >= 15 is 0 Å². The third kappa shape index (κ3) is 2.84. The van der Waals surface area contributed by atoms with Gasteiger partial charge in [-0.3, -0.25) is 4.90 Å². The second kappa shape index (κ2) is 5.34. The molecule has 0 unspecified atom stereocenters. The smallest absolute Gasteiger partial charge is 0.272 e. The van der Waals surface area contributed by atoms with Crippen LogP contribution >= 0.6 is 27.5 Å². The highest BCUT2D eigenvalue weighted by Crippen LogP contribution is 2.36. The summed E-state index contributed by atoms with van der Waals surface area (Å²) in [5, 5.41) is 1.27. The molecule has 1 aliphatic rings. The predicted octanol–water partition coefficient (Wildman–Crippen LogP) is 4.11. The number of rotatable bonds is 3. The van der Waals surface area contributed by atoms with Crippen LogP contribution < -0.4 is 4.74 Å². The fraction of sp³-hybridized carbons (Fsp3) is 0.357. The second-order valence-electron chi connectivity index (χ2n) is 5.08. The fourth-order valence-corrected chi connectivity index (χ4v) is 3.12. The van der Waals surface area contributed by atoms with E-state index < -0.39 is 5.92 Å². The molecule has 3 rings (SSSR count). The Balaban J connectivity index is 2.01. The van der Waals surface area contributed by atoms with Crippen molar-refractivity contribution >= 4 is 38.4 Å². The Morgan fingerprint density at radius 3 is 2.76 bits per heavy atom. The normalized spacial score (nSPS) is 17.8. The number of alkyl halides is 2. The molecule has 1 aromatic heterocycles. The minimum Gasteiger partial charge on any atom is -0.481 e. The number of ether oxygens (including phenoxy) is 1. The molecule has 0 amide bonds. The van der Waals surface area contributed by atoms with Crippen molar-refractivity contribution in [1.29, 1.82) is 0 Å². The molecule has 3 nitrogen and oxygen atoms in total. The number of pyridine rings is 1. The highest BCUT2D eigenvalue weighted by atomic mass is 79.9. The van der Waals surface area contributed by atoms with E-state index in [1.165, 1.54) is 7.11 Å². The van der Waals surface area contributed by atoms with Crippen LogP contribution in [-0.4, -0.2) is 36.0 Å². The number of nitrogens with zero attached hydrogens (tertiary/aromatic N) is 2. The molecule has 0 aliphatic carbocycles. The summed E-state index contributed by atoms with van der Waals surface area (Å²) >= 11 is 9.83. The first kappa shape index (κ1) is 14.9. The minimum absolute atomic E-state index is 0.261. The number of halogens is 4. The molecule has 1 aromatic carbocycles. The lowest BCUT2D eigenvalue weighted by Gasteiger charge is -2.38. The molecule has 112 valence electrons. The van der Waals surface area contributed by atoms with E-state index in [1.54, 1.807) is 4.90 Å². The van der Waals surface area contributed by atoms with Crippen molar-refractivity contribution < 1.29 is 13.5 Å². The van der Waals surface area contributed by atoms with Gasteiger partial charge in [-0.25, -0.2) is 13.8 Å². The molecule has 0 radical (unpaired) electrons. The Labute approximate surface area is 134 Å². The third-order valence-electron chi connectivity index (χ3n) is 3.43. The summed E-state index contributed by atoms with van der Waals surface area (Å²) in [7, 11) is 1.50.